The number of nitrogens with two attached hydrogens (primary N) is 2. The van der Waals surface area contributed by atoms with Crippen molar-refractivity contribution < 1.29 is 49.4 Å². The van der Waals surface area contributed by atoms with Crippen molar-refractivity contribution in [2.45, 2.75) is 18.9 Å². The van der Waals surface area contributed by atoms with E-state index in [9.17, 15) is 14.7 Å². The zero-order valence-electron chi connectivity index (χ0n) is 7.77. The van der Waals surface area contributed by atoms with Crippen molar-refractivity contribution in [3.63, 3.8) is 0 Å². The molecule has 0 aromatic carbocycles. The molecule has 0 unspecified atom stereocenters. The summed E-state index contributed by atoms with van der Waals surface area (Å²) in [5.41, 5.74) is 9.85. The van der Waals surface area contributed by atoms with E-state index in [1.165, 1.54) is 0 Å². The van der Waals surface area contributed by atoms with Crippen molar-refractivity contribution >= 4 is 17.9 Å². The van der Waals surface area contributed by atoms with Crippen LogP contribution in [0.25, 0.3) is 0 Å². The number of hydrogen-bond donors (Lipinski definition) is 3. The van der Waals surface area contributed by atoms with Crippen molar-refractivity contribution in [2.24, 2.45) is 16.5 Å². The SMILES string of the molecule is NC(N)=N[C@@H](CCC(=O)O)C(=O)[O-].[Na+]. The summed E-state index contributed by atoms with van der Waals surface area (Å²) < 4.78 is 0. The second-order valence-corrected chi connectivity index (χ2v) is 2.32. The molecule has 0 aromatic rings. The topological polar surface area (TPSA) is 142 Å². The van der Waals surface area contributed by atoms with E-state index in [0.29, 0.717) is 0 Å². The van der Waals surface area contributed by atoms with Gasteiger partial charge in [0.25, 0.3) is 0 Å². The summed E-state index contributed by atoms with van der Waals surface area (Å²) >= 11 is 0. The van der Waals surface area contributed by atoms with E-state index in [1.807, 2.05) is 0 Å². The number of guanidine groups is 1. The van der Waals surface area contributed by atoms with E-state index in [1.54, 1.807) is 0 Å². The van der Waals surface area contributed by atoms with Crippen LogP contribution in [0.2, 0.25) is 0 Å². The van der Waals surface area contributed by atoms with Gasteiger partial charge < -0.3 is 26.5 Å². The van der Waals surface area contributed by atoms with Crippen LogP contribution in [0.3, 0.4) is 0 Å². The number of aliphatic imine (C=N–C) groups is 1. The van der Waals surface area contributed by atoms with E-state index in [4.69, 9.17) is 16.6 Å². The van der Waals surface area contributed by atoms with Gasteiger partial charge >= 0.3 is 35.5 Å². The summed E-state index contributed by atoms with van der Waals surface area (Å²) in [6, 6.07) is -1.29. The van der Waals surface area contributed by atoms with Crippen molar-refractivity contribution in [2.75, 3.05) is 0 Å². The Hall–Kier alpha value is -0.790. The molecule has 5 N–H and O–H groups in total. The van der Waals surface area contributed by atoms with Crippen LogP contribution in [0, 0.1) is 0 Å². The average Bonchev–Trinajstić information content (AvgIpc) is 1.96. The molecule has 0 saturated carbocycles. The predicted molar refractivity (Wildman–Crippen MR) is 41.5 cm³/mol. The zero-order valence-corrected chi connectivity index (χ0v) is 9.77. The van der Waals surface area contributed by atoms with Gasteiger partial charge in [0.05, 0.1) is 12.0 Å². The Morgan fingerprint density at radius 3 is 2.21 bits per heavy atom. The molecule has 0 fully saturated rings. The first-order valence-electron chi connectivity index (χ1n) is 3.45. The summed E-state index contributed by atoms with van der Waals surface area (Å²) in [6.45, 7) is 0. The second kappa shape index (κ2) is 7.60. The number of carbonyl (C=O) groups excluding carboxylic acids is 1. The summed E-state index contributed by atoms with van der Waals surface area (Å²) in [6.07, 6.45) is -0.509. The van der Waals surface area contributed by atoms with Gasteiger partial charge in [0, 0.05) is 6.42 Å². The smallest absolute Gasteiger partial charge is 0.548 e. The predicted octanol–water partition coefficient (Wildman–Crippen LogP) is -5.75. The number of carbonyl (C=O) groups is 2. The number of carboxylic acid groups (broad SMARTS) is 2. The Morgan fingerprint density at radius 2 is 1.93 bits per heavy atom. The molecule has 0 radical (unpaired) electrons. The van der Waals surface area contributed by atoms with Crippen LogP contribution in [-0.4, -0.2) is 29.0 Å². The van der Waals surface area contributed by atoms with Gasteiger partial charge in [0.2, 0.25) is 0 Å². The fourth-order valence-electron chi connectivity index (χ4n) is 0.675. The molecule has 7 nitrogen and oxygen atoms in total. The maximum absolute atomic E-state index is 10.3. The first-order valence-corrected chi connectivity index (χ1v) is 3.45. The molecular weight excluding hydrogens is 201 g/mol. The fourth-order valence-corrected chi connectivity index (χ4v) is 0.675. The van der Waals surface area contributed by atoms with Gasteiger partial charge in [-0.2, -0.15) is 0 Å². The molecule has 14 heavy (non-hydrogen) atoms. The second-order valence-electron chi connectivity index (χ2n) is 2.32. The van der Waals surface area contributed by atoms with Crippen LogP contribution in [0.15, 0.2) is 4.99 Å². The molecule has 74 valence electrons. The number of rotatable bonds is 5. The molecule has 0 amide bonds. The Kier molecular flexibility index (Phi) is 8.51. The molecule has 0 aliphatic rings. The quantitative estimate of drug-likeness (QED) is 0.235. The van der Waals surface area contributed by atoms with Crippen LogP contribution in [-0.2, 0) is 9.59 Å². The monoisotopic (exact) mass is 211 g/mol. The Balaban J connectivity index is 0. The van der Waals surface area contributed by atoms with Gasteiger partial charge in [-0.15, -0.1) is 0 Å². The van der Waals surface area contributed by atoms with E-state index in [-0.39, 0.29) is 42.4 Å². The minimum Gasteiger partial charge on any atom is -0.548 e. The minimum absolute atomic E-state index is 0. The molecule has 0 spiro atoms. The maximum Gasteiger partial charge on any atom is 1.00 e. The summed E-state index contributed by atoms with van der Waals surface area (Å²) in [5.74, 6) is -3.01. The van der Waals surface area contributed by atoms with Crippen LogP contribution in [0.1, 0.15) is 12.8 Å². The first kappa shape index (κ1) is 15.7. The average molecular weight is 211 g/mol. The molecule has 1 atom stereocenters. The third kappa shape index (κ3) is 7.84. The standard InChI is InChI=1S/C6H11N3O4.Na/c7-6(8)9-3(5(12)13)1-2-4(10)11;/h3H,1-2H2,(H,10,11)(H,12,13)(H4,7,8,9);/q;+1/p-1/t3-;/m0./s1. The van der Waals surface area contributed by atoms with Crippen molar-refractivity contribution in [3.8, 4) is 0 Å². The van der Waals surface area contributed by atoms with Crippen molar-refractivity contribution in [1.82, 2.24) is 0 Å². The first-order chi connectivity index (χ1) is 5.93. The van der Waals surface area contributed by atoms with Crippen LogP contribution in [0.5, 0.6) is 0 Å². The van der Waals surface area contributed by atoms with E-state index >= 15 is 0 Å². The van der Waals surface area contributed by atoms with E-state index in [0.717, 1.165) is 0 Å². The Morgan fingerprint density at radius 1 is 1.43 bits per heavy atom. The largest absolute Gasteiger partial charge is 1.00 e. The summed E-state index contributed by atoms with van der Waals surface area (Å²) in [4.78, 5) is 23.7. The summed E-state index contributed by atoms with van der Waals surface area (Å²) in [5, 5.41) is 18.6. The minimum atomic E-state index is -1.49. The Bertz CT molecular complexity index is 239. The van der Waals surface area contributed by atoms with Crippen LogP contribution in [0.4, 0.5) is 0 Å². The van der Waals surface area contributed by atoms with Gasteiger partial charge in [0.1, 0.15) is 0 Å². The van der Waals surface area contributed by atoms with E-state index in [2.05, 4.69) is 4.99 Å². The van der Waals surface area contributed by atoms with Crippen LogP contribution >= 0.6 is 0 Å². The van der Waals surface area contributed by atoms with Gasteiger partial charge in [-0.05, 0) is 6.42 Å². The maximum atomic E-state index is 10.3. The number of hydrogen-bond acceptors (Lipinski definition) is 4. The third-order valence-electron chi connectivity index (χ3n) is 1.21. The Labute approximate surface area is 102 Å². The van der Waals surface area contributed by atoms with Gasteiger partial charge in [0.15, 0.2) is 5.96 Å². The molecule has 0 bridgehead atoms. The molecule has 0 aromatic heterocycles. The van der Waals surface area contributed by atoms with Gasteiger partial charge in [-0.1, -0.05) is 0 Å². The number of aliphatic carboxylic acids is 2. The molecule has 0 aliphatic carbocycles. The third-order valence-corrected chi connectivity index (χ3v) is 1.21. The molecular formula is C6H10N3NaO4. The summed E-state index contributed by atoms with van der Waals surface area (Å²) in [7, 11) is 0. The molecule has 0 saturated heterocycles. The molecule has 0 rings (SSSR count). The van der Waals surface area contributed by atoms with Gasteiger partial charge in [-0.25, -0.2) is 4.99 Å². The van der Waals surface area contributed by atoms with Crippen molar-refractivity contribution in [3.05, 3.63) is 0 Å². The van der Waals surface area contributed by atoms with Gasteiger partial charge in [-0.3, -0.25) is 4.79 Å². The number of nitrogens with zero attached hydrogens (tertiary/aromatic N) is 1. The molecule has 0 heterocycles. The number of carboxylic acids is 2. The van der Waals surface area contributed by atoms with Crippen molar-refractivity contribution in [1.29, 1.82) is 0 Å². The fraction of sp³-hybridized carbons (Fsp3) is 0.500. The molecule has 8 heteroatoms. The normalized spacial score (nSPS) is 10.9. The molecule has 0 aliphatic heterocycles. The van der Waals surface area contributed by atoms with E-state index < -0.39 is 23.9 Å². The zero-order chi connectivity index (χ0) is 10.4. The van der Waals surface area contributed by atoms with Crippen LogP contribution < -0.4 is 46.1 Å².